The second-order valence-electron chi connectivity index (χ2n) is 9.95. The second-order valence-corrected chi connectivity index (χ2v) is 9.95. The molecule has 0 aliphatic carbocycles. The largest absolute Gasteiger partial charge is 0.492 e. The van der Waals surface area contributed by atoms with E-state index in [0.717, 1.165) is 87.7 Å². The van der Waals surface area contributed by atoms with Crippen LogP contribution >= 0.6 is 24.8 Å². The number of likely N-dealkylation sites (N-methyl/N-ethyl adjacent to an activating group) is 1. The molecule has 2 saturated heterocycles. The summed E-state index contributed by atoms with van der Waals surface area (Å²) >= 11 is 0. The summed E-state index contributed by atoms with van der Waals surface area (Å²) < 4.78 is 7.44. The Hall–Kier alpha value is -2.61. The van der Waals surface area contributed by atoms with E-state index in [9.17, 15) is 5.26 Å². The van der Waals surface area contributed by atoms with Gasteiger partial charge in [-0.1, -0.05) is 6.92 Å². The minimum atomic E-state index is -0.133. The number of nitrogens with zero attached hydrogens (tertiary/aromatic N) is 7. The fourth-order valence-electron chi connectivity index (χ4n) is 5.43. The van der Waals surface area contributed by atoms with E-state index in [0.29, 0.717) is 17.9 Å². The highest BCUT2D eigenvalue weighted by Gasteiger charge is 2.33. The van der Waals surface area contributed by atoms with Gasteiger partial charge in [-0.05, 0) is 44.5 Å². The molecule has 9 nitrogen and oxygen atoms in total. The summed E-state index contributed by atoms with van der Waals surface area (Å²) in [6.45, 7) is 13.2. The zero-order chi connectivity index (χ0) is 25.1. The number of nitriles is 1. The van der Waals surface area contributed by atoms with Crippen LogP contribution in [0.25, 0.3) is 16.6 Å². The van der Waals surface area contributed by atoms with Gasteiger partial charge >= 0.3 is 0 Å². The molecule has 0 saturated carbocycles. The number of ether oxygens (including phenoxy) is 1. The molecule has 3 aromatic rings. The standard InChI is InChI=1S/C27H36N8O.2ClH/c1-3-32-11-13-33(14-12-32)20-27(29)7-9-34(10-8-27)25-6-5-21(17-30-25)24-15-23(36-4-2)19-35-26(24)22(16-28)18-31-35;;/h5-6,15,17-19H,3-4,7-14,20,29H2,1-2H3;2*1H. The first kappa shape index (κ1) is 29.9. The van der Waals surface area contributed by atoms with Crippen LogP contribution in [0, 0.1) is 11.3 Å². The van der Waals surface area contributed by atoms with Crippen LogP contribution in [-0.4, -0.2) is 88.9 Å². The van der Waals surface area contributed by atoms with E-state index in [1.807, 2.05) is 25.4 Å². The number of rotatable bonds is 7. The number of nitrogens with two attached hydrogens (primary N) is 1. The Balaban J connectivity index is 0.00000200. The fourth-order valence-corrected chi connectivity index (χ4v) is 5.43. The molecule has 3 aromatic heterocycles. The minimum Gasteiger partial charge on any atom is -0.492 e. The van der Waals surface area contributed by atoms with Crippen molar-refractivity contribution in [2.75, 3.05) is 63.9 Å². The topological polar surface area (TPSA) is 99.0 Å². The van der Waals surface area contributed by atoms with E-state index in [1.54, 1.807) is 10.7 Å². The number of piperazine rings is 1. The first-order valence-electron chi connectivity index (χ1n) is 13.0. The van der Waals surface area contributed by atoms with Crippen molar-refractivity contribution in [1.82, 2.24) is 24.4 Å². The Morgan fingerprint density at radius 3 is 2.34 bits per heavy atom. The second kappa shape index (κ2) is 13.0. The molecular weight excluding hydrogens is 523 g/mol. The molecular formula is C27H38Cl2N8O. The highest BCUT2D eigenvalue weighted by Crippen LogP contribution is 2.32. The SMILES string of the molecule is CCOc1cc(-c2ccc(N3CCC(N)(CN4CCN(CC)CC4)CC3)nc2)c2c(C#N)cnn2c1.Cl.Cl. The normalized spacial score (nSPS) is 17.9. The summed E-state index contributed by atoms with van der Waals surface area (Å²) in [6, 6.07) is 8.34. The number of anilines is 1. The number of halogens is 2. The Kier molecular flexibility index (Phi) is 10.2. The number of fused-ring (bicyclic) bond motifs is 1. The van der Waals surface area contributed by atoms with Gasteiger partial charge in [0.15, 0.2) is 0 Å². The molecule has 38 heavy (non-hydrogen) atoms. The van der Waals surface area contributed by atoms with Gasteiger partial charge in [-0.3, -0.25) is 4.90 Å². The van der Waals surface area contributed by atoms with Gasteiger partial charge in [-0.15, -0.1) is 24.8 Å². The Bertz CT molecular complexity index is 1230. The van der Waals surface area contributed by atoms with Gasteiger partial charge in [0.2, 0.25) is 0 Å². The number of aromatic nitrogens is 3. The minimum absolute atomic E-state index is 0. The number of pyridine rings is 2. The van der Waals surface area contributed by atoms with Crippen LogP contribution in [0.4, 0.5) is 5.82 Å². The van der Waals surface area contributed by atoms with Crippen LogP contribution in [-0.2, 0) is 0 Å². The molecule has 0 radical (unpaired) electrons. The van der Waals surface area contributed by atoms with E-state index in [1.165, 1.54) is 0 Å². The van der Waals surface area contributed by atoms with Gasteiger partial charge in [0.05, 0.1) is 30.1 Å². The molecule has 0 amide bonds. The van der Waals surface area contributed by atoms with Crippen molar-refractivity contribution in [2.24, 2.45) is 5.73 Å². The molecule has 0 atom stereocenters. The lowest BCUT2D eigenvalue weighted by Crippen LogP contribution is -2.59. The van der Waals surface area contributed by atoms with E-state index in [4.69, 9.17) is 15.5 Å². The Morgan fingerprint density at radius 1 is 1.03 bits per heavy atom. The molecule has 206 valence electrons. The van der Waals surface area contributed by atoms with Crippen molar-refractivity contribution >= 4 is 36.1 Å². The molecule has 2 fully saturated rings. The zero-order valence-corrected chi connectivity index (χ0v) is 23.8. The number of hydrogen-bond acceptors (Lipinski definition) is 8. The van der Waals surface area contributed by atoms with Gasteiger partial charge in [-0.2, -0.15) is 10.4 Å². The molecule has 0 aromatic carbocycles. The molecule has 0 unspecified atom stereocenters. The van der Waals surface area contributed by atoms with Gasteiger partial charge in [-0.25, -0.2) is 9.50 Å². The Labute approximate surface area is 237 Å². The smallest absolute Gasteiger partial charge is 0.138 e. The van der Waals surface area contributed by atoms with Gasteiger partial charge in [0.25, 0.3) is 0 Å². The highest BCUT2D eigenvalue weighted by atomic mass is 35.5. The fraction of sp³-hybridized carbons (Fsp3) is 0.519. The first-order chi connectivity index (χ1) is 17.5. The maximum atomic E-state index is 9.58. The maximum Gasteiger partial charge on any atom is 0.138 e. The lowest BCUT2D eigenvalue weighted by atomic mass is 9.87. The van der Waals surface area contributed by atoms with Crippen LogP contribution in [0.2, 0.25) is 0 Å². The van der Waals surface area contributed by atoms with E-state index >= 15 is 0 Å². The average Bonchev–Trinajstić information content (AvgIpc) is 3.32. The van der Waals surface area contributed by atoms with Crippen molar-refractivity contribution in [3.63, 3.8) is 0 Å². The van der Waals surface area contributed by atoms with Gasteiger partial charge in [0, 0.05) is 68.7 Å². The number of hydrogen-bond donors (Lipinski definition) is 1. The van der Waals surface area contributed by atoms with Crippen LogP contribution in [0.3, 0.4) is 0 Å². The lowest BCUT2D eigenvalue weighted by Gasteiger charge is -2.44. The van der Waals surface area contributed by atoms with Crippen LogP contribution in [0.1, 0.15) is 32.3 Å². The molecule has 2 N–H and O–H groups in total. The monoisotopic (exact) mass is 560 g/mol. The summed E-state index contributed by atoms with van der Waals surface area (Å²) in [4.78, 5) is 12.2. The summed E-state index contributed by atoms with van der Waals surface area (Å²) in [5, 5.41) is 13.9. The van der Waals surface area contributed by atoms with Gasteiger partial charge in [0.1, 0.15) is 17.6 Å². The zero-order valence-electron chi connectivity index (χ0n) is 22.2. The molecule has 2 aliphatic heterocycles. The lowest BCUT2D eigenvalue weighted by molar-refractivity contribution is 0.106. The first-order valence-corrected chi connectivity index (χ1v) is 13.0. The van der Waals surface area contributed by atoms with Crippen molar-refractivity contribution in [1.29, 1.82) is 5.26 Å². The predicted molar refractivity (Wildman–Crippen MR) is 156 cm³/mol. The molecule has 0 bridgehead atoms. The van der Waals surface area contributed by atoms with E-state index in [2.05, 4.69) is 44.9 Å². The number of piperidine rings is 1. The highest BCUT2D eigenvalue weighted by molar-refractivity contribution is 5.86. The Morgan fingerprint density at radius 2 is 1.74 bits per heavy atom. The van der Waals surface area contributed by atoms with Crippen LogP contribution < -0.4 is 15.4 Å². The van der Waals surface area contributed by atoms with Gasteiger partial charge < -0.3 is 20.3 Å². The summed E-state index contributed by atoms with van der Waals surface area (Å²) in [7, 11) is 0. The average molecular weight is 562 g/mol. The van der Waals surface area contributed by atoms with Crippen LogP contribution in [0.5, 0.6) is 5.75 Å². The molecule has 5 heterocycles. The molecule has 11 heteroatoms. The predicted octanol–water partition coefficient (Wildman–Crippen LogP) is 3.45. The third kappa shape index (κ3) is 6.33. The van der Waals surface area contributed by atoms with E-state index in [-0.39, 0.29) is 30.4 Å². The molecule has 5 rings (SSSR count). The van der Waals surface area contributed by atoms with E-state index < -0.39 is 0 Å². The molecule has 2 aliphatic rings. The van der Waals surface area contributed by atoms with Crippen molar-refractivity contribution in [2.45, 2.75) is 32.2 Å². The van der Waals surface area contributed by atoms with Crippen LogP contribution in [0.15, 0.2) is 36.8 Å². The third-order valence-corrected chi connectivity index (χ3v) is 7.61. The maximum absolute atomic E-state index is 9.58. The van der Waals surface area contributed by atoms with Crippen molar-refractivity contribution in [3.8, 4) is 22.9 Å². The van der Waals surface area contributed by atoms with Crippen molar-refractivity contribution < 1.29 is 4.74 Å². The summed E-state index contributed by atoms with van der Waals surface area (Å²) in [5.74, 6) is 1.67. The van der Waals surface area contributed by atoms with Crippen molar-refractivity contribution in [3.05, 3.63) is 42.4 Å². The quantitative estimate of drug-likeness (QED) is 0.469. The summed E-state index contributed by atoms with van der Waals surface area (Å²) in [5.41, 5.74) is 9.84. The third-order valence-electron chi connectivity index (χ3n) is 7.61. The molecule has 0 spiro atoms. The summed E-state index contributed by atoms with van der Waals surface area (Å²) in [6.07, 6.45) is 7.20.